The summed E-state index contributed by atoms with van der Waals surface area (Å²) in [5, 5.41) is 11.8. The summed E-state index contributed by atoms with van der Waals surface area (Å²) in [5.74, 6) is -0.531. The van der Waals surface area contributed by atoms with Crippen LogP contribution in [0.2, 0.25) is 0 Å². The summed E-state index contributed by atoms with van der Waals surface area (Å²) < 4.78 is 17.2. The Kier molecular flexibility index (Phi) is 6.31. The van der Waals surface area contributed by atoms with Gasteiger partial charge in [0.25, 0.3) is 5.78 Å². The first-order valence-corrected chi connectivity index (χ1v) is 12.2. The number of aliphatic hydroxyl groups is 1. The zero-order valence-corrected chi connectivity index (χ0v) is 21.5. The second-order valence-corrected chi connectivity index (χ2v) is 9.49. The van der Waals surface area contributed by atoms with Gasteiger partial charge < -0.3 is 19.3 Å². The molecule has 9 heteroatoms. The van der Waals surface area contributed by atoms with E-state index in [9.17, 15) is 14.7 Å². The molecule has 1 fully saturated rings. The molecule has 0 radical (unpaired) electrons. The lowest BCUT2D eigenvalue weighted by Crippen LogP contribution is -2.29. The summed E-state index contributed by atoms with van der Waals surface area (Å²) in [5.41, 5.74) is 2.48. The van der Waals surface area contributed by atoms with Crippen molar-refractivity contribution < 1.29 is 28.9 Å². The molecule has 37 heavy (non-hydrogen) atoms. The summed E-state index contributed by atoms with van der Waals surface area (Å²) in [6.07, 6.45) is 0. The number of nitrogens with zero attached hydrogens (tertiary/aromatic N) is 2. The van der Waals surface area contributed by atoms with Crippen molar-refractivity contribution in [1.82, 2.24) is 4.98 Å². The molecule has 1 aliphatic heterocycles. The fraction of sp³-hybridized carbons (Fsp3) is 0.179. The van der Waals surface area contributed by atoms with Gasteiger partial charge in [-0.15, -0.1) is 0 Å². The van der Waals surface area contributed by atoms with Crippen LogP contribution >= 0.6 is 11.3 Å². The van der Waals surface area contributed by atoms with Crippen LogP contribution in [0.3, 0.4) is 0 Å². The van der Waals surface area contributed by atoms with E-state index in [4.69, 9.17) is 14.2 Å². The van der Waals surface area contributed by atoms with Crippen LogP contribution in [0, 0.1) is 6.92 Å². The minimum atomic E-state index is -1.02. The van der Waals surface area contributed by atoms with E-state index in [2.05, 4.69) is 4.98 Å². The van der Waals surface area contributed by atoms with Crippen molar-refractivity contribution in [1.29, 1.82) is 0 Å². The van der Waals surface area contributed by atoms with Gasteiger partial charge in [0.15, 0.2) is 5.13 Å². The summed E-state index contributed by atoms with van der Waals surface area (Å²) in [6, 6.07) is 16.5. The Morgan fingerprint density at radius 1 is 0.946 bits per heavy atom. The van der Waals surface area contributed by atoms with Crippen LogP contribution in [0.5, 0.6) is 17.2 Å². The van der Waals surface area contributed by atoms with E-state index in [1.807, 2.05) is 25.1 Å². The molecule has 1 atom stereocenters. The average Bonchev–Trinajstić information content (AvgIpc) is 3.45. The molecule has 1 amide bonds. The van der Waals surface area contributed by atoms with E-state index >= 15 is 0 Å². The number of rotatable bonds is 6. The zero-order chi connectivity index (χ0) is 26.3. The van der Waals surface area contributed by atoms with E-state index in [0.29, 0.717) is 39.0 Å². The number of benzene rings is 3. The monoisotopic (exact) mass is 516 g/mol. The largest absolute Gasteiger partial charge is 0.507 e. The van der Waals surface area contributed by atoms with Crippen LogP contribution in [0.4, 0.5) is 5.13 Å². The van der Waals surface area contributed by atoms with Crippen molar-refractivity contribution in [2.75, 3.05) is 26.2 Å². The van der Waals surface area contributed by atoms with Crippen molar-refractivity contribution in [3.8, 4) is 17.2 Å². The number of anilines is 1. The van der Waals surface area contributed by atoms with Crippen LogP contribution in [0.25, 0.3) is 16.0 Å². The number of aliphatic hydroxyl groups excluding tert-OH is 1. The summed E-state index contributed by atoms with van der Waals surface area (Å²) in [4.78, 5) is 33.1. The van der Waals surface area contributed by atoms with Crippen LogP contribution < -0.4 is 19.1 Å². The number of fused-ring (bicyclic) bond motifs is 1. The van der Waals surface area contributed by atoms with Gasteiger partial charge in [-0.3, -0.25) is 14.5 Å². The first kappa shape index (κ1) is 24.3. The third-order valence-electron chi connectivity index (χ3n) is 6.26. The zero-order valence-electron chi connectivity index (χ0n) is 20.6. The van der Waals surface area contributed by atoms with Gasteiger partial charge in [-0.25, -0.2) is 4.98 Å². The molecule has 1 aromatic heterocycles. The molecule has 1 N–H and O–H groups in total. The number of methoxy groups -OCH3 is 3. The van der Waals surface area contributed by atoms with Crippen LogP contribution in [0.1, 0.15) is 22.7 Å². The van der Waals surface area contributed by atoms with Crippen LogP contribution in [0.15, 0.2) is 66.2 Å². The molecule has 0 saturated carbocycles. The lowest BCUT2D eigenvalue weighted by molar-refractivity contribution is -0.132. The molecular formula is C28H24N2O6S. The van der Waals surface area contributed by atoms with Crippen LogP contribution in [-0.4, -0.2) is 43.1 Å². The standard InChI is InChI=1S/C28H24N2O6S/c1-15-8-10-20-22(12-15)37-28(29-20)30-24(19-14-18(35-3)9-11-21(19)36-4)23(26(32)27(30)33)25(31)16-6-5-7-17(13-16)34-2/h5-14,24,31H,1-4H3/b25-23+/t24-/m1/s1. The molecule has 2 heterocycles. The molecule has 4 aromatic rings. The quantitative estimate of drug-likeness (QED) is 0.212. The van der Waals surface area contributed by atoms with E-state index in [1.54, 1.807) is 42.5 Å². The van der Waals surface area contributed by atoms with E-state index < -0.39 is 17.7 Å². The predicted molar refractivity (Wildman–Crippen MR) is 142 cm³/mol. The number of hydrogen-bond acceptors (Lipinski definition) is 8. The number of amides is 1. The Balaban J connectivity index is 1.79. The highest BCUT2D eigenvalue weighted by molar-refractivity contribution is 7.22. The second-order valence-electron chi connectivity index (χ2n) is 8.48. The van der Waals surface area contributed by atoms with Gasteiger partial charge in [0.1, 0.15) is 29.0 Å². The van der Waals surface area contributed by atoms with Crippen LogP contribution in [-0.2, 0) is 9.59 Å². The number of ketones is 1. The highest BCUT2D eigenvalue weighted by Gasteiger charge is 2.49. The minimum absolute atomic E-state index is 0.0831. The number of carbonyl (C=O) groups is 2. The van der Waals surface area contributed by atoms with Crippen molar-refractivity contribution in [3.05, 3.63) is 82.9 Å². The highest BCUT2D eigenvalue weighted by atomic mass is 32.1. The maximum atomic E-state index is 13.6. The number of aromatic nitrogens is 1. The smallest absolute Gasteiger partial charge is 0.301 e. The fourth-order valence-electron chi connectivity index (χ4n) is 4.43. The average molecular weight is 517 g/mol. The van der Waals surface area contributed by atoms with E-state index in [1.165, 1.54) is 37.6 Å². The molecule has 5 rings (SSSR count). The predicted octanol–water partition coefficient (Wildman–Crippen LogP) is 5.26. The topological polar surface area (TPSA) is 98.2 Å². The molecular weight excluding hydrogens is 492 g/mol. The fourth-order valence-corrected chi connectivity index (χ4v) is 5.52. The molecule has 188 valence electrons. The Hall–Kier alpha value is -4.37. The molecule has 3 aromatic carbocycles. The number of hydrogen-bond donors (Lipinski definition) is 1. The molecule has 1 saturated heterocycles. The maximum Gasteiger partial charge on any atom is 0.301 e. The van der Waals surface area contributed by atoms with Crippen molar-refractivity contribution >= 4 is 44.1 Å². The minimum Gasteiger partial charge on any atom is -0.507 e. The van der Waals surface area contributed by atoms with Gasteiger partial charge in [-0.1, -0.05) is 29.5 Å². The molecule has 0 spiro atoms. The molecule has 0 aliphatic carbocycles. The van der Waals surface area contributed by atoms with E-state index in [-0.39, 0.29) is 11.3 Å². The lowest BCUT2D eigenvalue weighted by atomic mass is 9.94. The van der Waals surface area contributed by atoms with Crippen molar-refractivity contribution in [2.24, 2.45) is 0 Å². The molecule has 8 nitrogen and oxygen atoms in total. The third-order valence-corrected chi connectivity index (χ3v) is 7.28. The van der Waals surface area contributed by atoms with Gasteiger partial charge in [0.2, 0.25) is 0 Å². The SMILES string of the molecule is COc1cccc(/C(O)=C2\C(=O)C(=O)N(c3nc4ccc(C)cc4s3)[C@@H]2c2cc(OC)ccc2OC)c1. The molecule has 0 bridgehead atoms. The third kappa shape index (κ3) is 4.17. The Labute approximate surface area is 217 Å². The summed E-state index contributed by atoms with van der Waals surface area (Å²) in [7, 11) is 4.53. The number of thiazole rings is 1. The first-order chi connectivity index (χ1) is 17.9. The summed E-state index contributed by atoms with van der Waals surface area (Å²) >= 11 is 1.30. The number of aryl methyl sites for hydroxylation is 1. The van der Waals surface area contributed by atoms with Gasteiger partial charge in [-0.05, 0) is 55.0 Å². The summed E-state index contributed by atoms with van der Waals surface area (Å²) in [6.45, 7) is 1.97. The lowest BCUT2D eigenvalue weighted by Gasteiger charge is -2.25. The highest BCUT2D eigenvalue weighted by Crippen LogP contribution is 2.47. The maximum absolute atomic E-state index is 13.6. The van der Waals surface area contributed by atoms with Gasteiger partial charge in [0, 0.05) is 11.1 Å². The number of Topliss-reactive ketones (excluding diaryl/α,β-unsaturated/α-hetero) is 1. The first-order valence-electron chi connectivity index (χ1n) is 11.4. The van der Waals surface area contributed by atoms with Crippen molar-refractivity contribution in [3.63, 3.8) is 0 Å². The van der Waals surface area contributed by atoms with Crippen molar-refractivity contribution in [2.45, 2.75) is 13.0 Å². The molecule has 0 unspecified atom stereocenters. The Bertz CT molecular complexity index is 1570. The number of ether oxygens (including phenoxy) is 3. The number of carbonyl (C=O) groups excluding carboxylic acids is 2. The van der Waals surface area contributed by atoms with Gasteiger partial charge >= 0.3 is 5.91 Å². The molecule has 1 aliphatic rings. The Morgan fingerprint density at radius 3 is 2.43 bits per heavy atom. The van der Waals surface area contributed by atoms with E-state index in [0.717, 1.165) is 10.3 Å². The van der Waals surface area contributed by atoms with Gasteiger partial charge in [-0.2, -0.15) is 0 Å². The normalized spacial score (nSPS) is 16.9. The second kappa shape index (κ2) is 9.59. The van der Waals surface area contributed by atoms with Gasteiger partial charge in [0.05, 0.1) is 37.1 Å². The Morgan fingerprint density at radius 2 is 1.70 bits per heavy atom.